The van der Waals surface area contributed by atoms with E-state index < -0.39 is 4.92 Å². The average molecular weight is 373 g/mol. The number of nitro benzene ring substituents is 1. The summed E-state index contributed by atoms with van der Waals surface area (Å²) in [5.74, 6) is 0.497. The molecule has 0 aliphatic carbocycles. The molecule has 1 N–H and O–H groups in total. The Morgan fingerprint density at radius 3 is 2.76 bits per heavy atom. The second-order valence-corrected chi connectivity index (χ2v) is 5.46. The molecule has 0 bridgehead atoms. The SMILES string of the molecule is O=[N+]([O-])c1cccc(Cl)c1COc1ccc(Br)c(CO)c1. The van der Waals surface area contributed by atoms with Crippen LogP contribution < -0.4 is 4.74 Å². The van der Waals surface area contributed by atoms with E-state index in [1.165, 1.54) is 12.1 Å². The molecule has 0 unspecified atom stereocenters. The van der Waals surface area contributed by atoms with Gasteiger partial charge in [0.25, 0.3) is 5.69 Å². The van der Waals surface area contributed by atoms with E-state index in [9.17, 15) is 15.2 Å². The van der Waals surface area contributed by atoms with Crippen LogP contribution in [0.1, 0.15) is 11.1 Å². The molecule has 2 aromatic rings. The maximum absolute atomic E-state index is 11.0. The number of aliphatic hydroxyl groups excluding tert-OH is 1. The van der Waals surface area contributed by atoms with Crippen molar-refractivity contribution >= 4 is 33.2 Å². The Kier molecular flexibility index (Phi) is 5.17. The third kappa shape index (κ3) is 3.72. The molecule has 110 valence electrons. The van der Waals surface area contributed by atoms with Crippen LogP contribution in [0.15, 0.2) is 40.9 Å². The molecule has 0 amide bonds. The van der Waals surface area contributed by atoms with Gasteiger partial charge in [-0.2, -0.15) is 0 Å². The number of ether oxygens (including phenoxy) is 1. The molecule has 0 heterocycles. The van der Waals surface area contributed by atoms with Gasteiger partial charge in [0.15, 0.2) is 0 Å². The van der Waals surface area contributed by atoms with E-state index in [1.807, 2.05) is 0 Å². The van der Waals surface area contributed by atoms with Crippen LogP contribution in [-0.4, -0.2) is 10.0 Å². The molecular formula is C14H11BrClNO4. The van der Waals surface area contributed by atoms with Crippen molar-refractivity contribution in [3.05, 3.63) is 67.1 Å². The lowest BCUT2D eigenvalue weighted by Crippen LogP contribution is -2.02. The molecular weight excluding hydrogens is 362 g/mol. The van der Waals surface area contributed by atoms with Crippen molar-refractivity contribution in [3.8, 4) is 5.75 Å². The summed E-state index contributed by atoms with van der Waals surface area (Å²) in [6, 6.07) is 9.58. The lowest BCUT2D eigenvalue weighted by atomic mass is 10.2. The Hall–Kier alpha value is -1.63. The summed E-state index contributed by atoms with van der Waals surface area (Å²) in [7, 11) is 0. The van der Waals surface area contributed by atoms with Gasteiger partial charge in [-0.05, 0) is 29.8 Å². The highest BCUT2D eigenvalue weighted by molar-refractivity contribution is 9.10. The van der Waals surface area contributed by atoms with Gasteiger partial charge in [0.05, 0.1) is 22.1 Å². The summed E-state index contributed by atoms with van der Waals surface area (Å²) in [6.45, 7) is -0.160. The smallest absolute Gasteiger partial charge is 0.277 e. The highest BCUT2D eigenvalue weighted by atomic mass is 79.9. The first-order valence-electron chi connectivity index (χ1n) is 5.96. The van der Waals surface area contributed by atoms with E-state index in [-0.39, 0.29) is 23.9 Å². The second-order valence-electron chi connectivity index (χ2n) is 4.19. The number of halogens is 2. The Labute approximate surface area is 134 Å². The summed E-state index contributed by atoms with van der Waals surface area (Å²) in [6.07, 6.45) is 0. The number of benzene rings is 2. The van der Waals surface area contributed by atoms with E-state index in [0.717, 1.165) is 4.47 Å². The fraction of sp³-hybridized carbons (Fsp3) is 0.143. The van der Waals surface area contributed by atoms with Gasteiger partial charge in [-0.25, -0.2) is 0 Å². The maximum Gasteiger partial charge on any atom is 0.277 e. The van der Waals surface area contributed by atoms with Crippen LogP contribution in [0.5, 0.6) is 5.75 Å². The standard InChI is InChI=1S/C14H11BrClNO4/c15-12-5-4-10(6-9(12)7-18)21-8-11-13(16)2-1-3-14(11)17(19)20/h1-6,18H,7-8H2. The zero-order valence-electron chi connectivity index (χ0n) is 10.8. The minimum atomic E-state index is -0.495. The number of nitrogens with zero attached hydrogens (tertiary/aromatic N) is 1. The molecule has 0 radical (unpaired) electrons. The number of aliphatic hydroxyl groups is 1. The third-order valence-electron chi connectivity index (χ3n) is 2.86. The fourth-order valence-electron chi connectivity index (χ4n) is 1.78. The Morgan fingerprint density at radius 1 is 1.33 bits per heavy atom. The van der Waals surface area contributed by atoms with Gasteiger partial charge in [-0.3, -0.25) is 10.1 Å². The van der Waals surface area contributed by atoms with Crippen molar-refractivity contribution in [2.45, 2.75) is 13.2 Å². The lowest BCUT2D eigenvalue weighted by molar-refractivity contribution is -0.385. The van der Waals surface area contributed by atoms with Crippen LogP contribution >= 0.6 is 27.5 Å². The third-order valence-corrected chi connectivity index (χ3v) is 3.99. The number of nitro groups is 1. The molecule has 0 atom stereocenters. The van der Waals surface area contributed by atoms with Gasteiger partial charge in [0.2, 0.25) is 0 Å². The summed E-state index contributed by atoms with van der Waals surface area (Å²) < 4.78 is 6.31. The molecule has 2 aromatic carbocycles. The normalized spacial score (nSPS) is 10.4. The van der Waals surface area contributed by atoms with Gasteiger partial charge in [0.1, 0.15) is 12.4 Å². The second kappa shape index (κ2) is 6.89. The van der Waals surface area contributed by atoms with Gasteiger partial charge < -0.3 is 9.84 Å². The molecule has 7 heteroatoms. The van der Waals surface area contributed by atoms with Gasteiger partial charge in [0, 0.05) is 10.5 Å². The van der Waals surface area contributed by atoms with Crippen molar-refractivity contribution in [2.75, 3.05) is 0 Å². The predicted molar refractivity (Wildman–Crippen MR) is 82.5 cm³/mol. The fourth-order valence-corrected chi connectivity index (χ4v) is 2.37. The van der Waals surface area contributed by atoms with E-state index >= 15 is 0 Å². The van der Waals surface area contributed by atoms with Crippen LogP contribution in [0, 0.1) is 10.1 Å². The van der Waals surface area contributed by atoms with E-state index in [0.29, 0.717) is 16.9 Å². The molecule has 0 saturated heterocycles. The van der Waals surface area contributed by atoms with E-state index in [2.05, 4.69) is 15.9 Å². The number of rotatable bonds is 5. The van der Waals surface area contributed by atoms with E-state index in [1.54, 1.807) is 24.3 Å². The molecule has 0 aromatic heterocycles. The monoisotopic (exact) mass is 371 g/mol. The molecule has 21 heavy (non-hydrogen) atoms. The first-order chi connectivity index (χ1) is 10.0. The van der Waals surface area contributed by atoms with Crippen molar-refractivity contribution in [3.63, 3.8) is 0 Å². The summed E-state index contributed by atoms with van der Waals surface area (Å²) in [5, 5.41) is 20.5. The van der Waals surface area contributed by atoms with Crippen LogP contribution in [0.4, 0.5) is 5.69 Å². The molecule has 5 nitrogen and oxygen atoms in total. The quantitative estimate of drug-likeness (QED) is 0.634. The Balaban J connectivity index is 2.22. The summed E-state index contributed by atoms with van der Waals surface area (Å²) in [4.78, 5) is 10.5. The summed E-state index contributed by atoms with van der Waals surface area (Å²) >= 11 is 9.29. The number of hydrogen-bond donors (Lipinski definition) is 1. The molecule has 0 saturated carbocycles. The highest BCUT2D eigenvalue weighted by Gasteiger charge is 2.17. The topological polar surface area (TPSA) is 72.6 Å². The van der Waals surface area contributed by atoms with Gasteiger partial charge >= 0.3 is 0 Å². The minimum Gasteiger partial charge on any atom is -0.489 e. The lowest BCUT2D eigenvalue weighted by Gasteiger charge is -2.10. The molecule has 0 aliphatic heterocycles. The average Bonchev–Trinajstić information content (AvgIpc) is 2.47. The Morgan fingerprint density at radius 2 is 2.10 bits per heavy atom. The van der Waals surface area contributed by atoms with Crippen molar-refractivity contribution in [1.82, 2.24) is 0 Å². The van der Waals surface area contributed by atoms with Crippen LogP contribution in [0.25, 0.3) is 0 Å². The number of hydrogen-bond acceptors (Lipinski definition) is 4. The van der Waals surface area contributed by atoms with Gasteiger partial charge in [-0.15, -0.1) is 0 Å². The summed E-state index contributed by atoms with van der Waals surface area (Å²) in [5.41, 5.74) is 0.904. The predicted octanol–water partition coefficient (Wildman–Crippen LogP) is 4.08. The van der Waals surface area contributed by atoms with Crippen LogP contribution in [0.2, 0.25) is 5.02 Å². The first kappa shape index (κ1) is 15.8. The zero-order chi connectivity index (χ0) is 15.4. The van der Waals surface area contributed by atoms with E-state index in [4.69, 9.17) is 16.3 Å². The molecule has 0 fully saturated rings. The van der Waals surface area contributed by atoms with Crippen molar-refractivity contribution in [2.24, 2.45) is 0 Å². The Bertz CT molecular complexity index is 678. The molecule has 0 spiro atoms. The first-order valence-corrected chi connectivity index (χ1v) is 7.14. The van der Waals surface area contributed by atoms with Gasteiger partial charge in [-0.1, -0.05) is 33.6 Å². The van der Waals surface area contributed by atoms with Crippen LogP contribution in [-0.2, 0) is 13.2 Å². The van der Waals surface area contributed by atoms with Crippen molar-refractivity contribution < 1.29 is 14.8 Å². The largest absolute Gasteiger partial charge is 0.489 e. The zero-order valence-corrected chi connectivity index (χ0v) is 13.1. The maximum atomic E-state index is 11.0. The molecule has 0 aliphatic rings. The van der Waals surface area contributed by atoms with Crippen LogP contribution in [0.3, 0.4) is 0 Å². The van der Waals surface area contributed by atoms with Crippen molar-refractivity contribution in [1.29, 1.82) is 0 Å². The molecule has 2 rings (SSSR count). The highest BCUT2D eigenvalue weighted by Crippen LogP contribution is 2.29. The minimum absolute atomic E-state index is 0.0253.